The predicted octanol–water partition coefficient (Wildman–Crippen LogP) is 4.17. The van der Waals surface area contributed by atoms with Gasteiger partial charge in [0.15, 0.2) is 0 Å². The lowest BCUT2D eigenvalue weighted by Crippen LogP contribution is -2.13. The molecule has 0 unspecified atom stereocenters. The zero-order valence-electron chi connectivity index (χ0n) is 12.3. The molecule has 4 heteroatoms. The Morgan fingerprint density at radius 3 is 2.38 bits per heavy atom. The van der Waals surface area contributed by atoms with Crippen molar-refractivity contribution in [3.8, 4) is 5.75 Å². The molecule has 21 heavy (non-hydrogen) atoms. The van der Waals surface area contributed by atoms with Crippen LogP contribution in [-0.4, -0.2) is 12.0 Å². The Kier molecular flexibility index (Phi) is 4.58. The van der Waals surface area contributed by atoms with E-state index in [0.29, 0.717) is 11.3 Å². The van der Waals surface area contributed by atoms with Gasteiger partial charge in [0, 0.05) is 11.3 Å². The van der Waals surface area contributed by atoms with Crippen molar-refractivity contribution >= 4 is 11.6 Å². The van der Waals surface area contributed by atoms with Gasteiger partial charge in [-0.3, -0.25) is 4.79 Å². The lowest BCUT2D eigenvalue weighted by molar-refractivity contribution is 0.102. The fraction of sp³-hybridized carbons (Fsp3) is 0.235. The molecule has 110 valence electrons. The van der Waals surface area contributed by atoms with Crippen LogP contribution < -0.4 is 10.1 Å². The normalized spacial score (nSPS) is 10.5. The molecule has 0 saturated carbocycles. The molecule has 2 aromatic carbocycles. The number of amides is 1. The second-order valence-corrected chi connectivity index (χ2v) is 5.10. The molecule has 0 heterocycles. The predicted molar refractivity (Wildman–Crippen MR) is 81.3 cm³/mol. The molecule has 2 rings (SSSR count). The largest absolute Gasteiger partial charge is 0.491 e. The molecular weight excluding hydrogens is 269 g/mol. The van der Waals surface area contributed by atoms with E-state index in [4.69, 9.17) is 4.74 Å². The van der Waals surface area contributed by atoms with Crippen LogP contribution in [-0.2, 0) is 0 Å². The van der Waals surface area contributed by atoms with Crippen molar-refractivity contribution in [3.63, 3.8) is 0 Å². The summed E-state index contributed by atoms with van der Waals surface area (Å²) in [5.41, 5.74) is 2.03. The van der Waals surface area contributed by atoms with Crippen molar-refractivity contribution in [3.05, 3.63) is 59.4 Å². The van der Waals surface area contributed by atoms with E-state index < -0.39 is 0 Å². The number of carbonyl (C=O) groups is 1. The molecule has 0 fully saturated rings. The molecule has 0 aliphatic carbocycles. The van der Waals surface area contributed by atoms with Crippen LogP contribution in [0.5, 0.6) is 5.75 Å². The maximum atomic E-state index is 12.8. The SMILES string of the molecule is Cc1cc(OC(C)C)ccc1NC(=O)c1ccc(F)cc1. The summed E-state index contributed by atoms with van der Waals surface area (Å²) < 4.78 is 18.4. The van der Waals surface area contributed by atoms with E-state index in [1.165, 1.54) is 24.3 Å². The minimum Gasteiger partial charge on any atom is -0.491 e. The number of ether oxygens (including phenoxy) is 1. The topological polar surface area (TPSA) is 38.3 Å². The molecule has 3 nitrogen and oxygen atoms in total. The van der Waals surface area contributed by atoms with Crippen molar-refractivity contribution < 1.29 is 13.9 Å². The van der Waals surface area contributed by atoms with Crippen LogP contribution in [0.25, 0.3) is 0 Å². The van der Waals surface area contributed by atoms with Crippen LogP contribution in [0.2, 0.25) is 0 Å². The Labute approximate surface area is 123 Å². The Bertz CT molecular complexity index is 636. The first-order valence-electron chi connectivity index (χ1n) is 6.80. The lowest BCUT2D eigenvalue weighted by atomic mass is 10.1. The van der Waals surface area contributed by atoms with E-state index in [9.17, 15) is 9.18 Å². The van der Waals surface area contributed by atoms with E-state index in [-0.39, 0.29) is 17.8 Å². The van der Waals surface area contributed by atoms with Gasteiger partial charge in [-0.05, 0) is 68.8 Å². The Morgan fingerprint density at radius 1 is 1.14 bits per heavy atom. The third kappa shape index (κ3) is 4.05. The second kappa shape index (κ2) is 6.39. The van der Waals surface area contributed by atoms with Crippen molar-refractivity contribution in [2.45, 2.75) is 26.9 Å². The molecule has 0 aromatic heterocycles. The summed E-state index contributed by atoms with van der Waals surface area (Å²) in [5.74, 6) is 0.135. The molecule has 0 aliphatic heterocycles. The second-order valence-electron chi connectivity index (χ2n) is 5.10. The minimum absolute atomic E-state index is 0.101. The van der Waals surface area contributed by atoms with Gasteiger partial charge < -0.3 is 10.1 Å². The van der Waals surface area contributed by atoms with E-state index in [1.807, 2.05) is 32.9 Å². The quantitative estimate of drug-likeness (QED) is 0.916. The summed E-state index contributed by atoms with van der Waals surface area (Å²) in [6.07, 6.45) is 0.101. The van der Waals surface area contributed by atoms with Gasteiger partial charge in [-0.1, -0.05) is 0 Å². The monoisotopic (exact) mass is 287 g/mol. The van der Waals surface area contributed by atoms with Crippen molar-refractivity contribution in [2.24, 2.45) is 0 Å². The highest BCUT2D eigenvalue weighted by Crippen LogP contribution is 2.22. The standard InChI is InChI=1S/C17H18FNO2/c1-11(2)21-15-8-9-16(12(3)10-15)19-17(20)13-4-6-14(18)7-5-13/h4-11H,1-3H3,(H,19,20). The third-order valence-corrected chi connectivity index (χ3v) is 2.92. The van der Waals surface area contributed by atoms with Gasteiger partial charge in [0.1, 0.15) is 11.6 Å². The minimum atomic E-state index is -0.363. The number of aryl methyl sites for hydroxylation is 1. The Morgan fingerprint density at radius 2 is 1.81 bits per heavy atom. The molecule has 0 radical (unpaired) electrons. The van der Waals surface area contributed by atoms with Gasteiger partial charge >= 0.3 is 0 Å². The fourth-order valence-corrected chi connectivity index (χ4v) is 1.92. The van der Waals surface area contributed by atoms with E-state index >= 15 is 0 Å². The number of nitrogens with one attached hydrogen (secondary N) is 1. The molecule has 1 N–H and O–H groups in total. The van der Waals surface area contributed by atoms with Gasteiger partial charge in [-0.15, -0.1) is 0 Å². The zero-order chi connectivity index (χ0) is 15.4. The number of anilines is 1. The maximum Gasteiger partial charge on any atom is 0.255 e. The van der Waals surface area contributed by atoms with E-state index in [1.54, 1.807) is 6.07 Å². The van der Waals surface area contributed by atoms with Gasteiger partial charge in [0.2, 0.25) is 0 Å². The van der Waals surface area contributed by atoms with Crippen molar-refractivity contribution in [1.82, 2.24) is 0 Å². The molecule has 0 bridgehead atoms. The lowest BCUT2D eigenvalue weighted by Gasteiger charge is -2.13. The third-order valence-electron chi connectivity index (χ3n) is 2.92. The number of carbonyl (C=O) groups excluding carboxylic acids is 1. The molecule has 0 saturated heterocycles. The first kappa shape index (κ1) is 15.0. The average Bonchev–Trinajstić information content (AvgIpc) is 2.42. The highest BCUT2D eigenvalue weighted by atomic mass is 19.1. The number of hydrogen-bond donors (Lipinski definition) is 1. The number of benzene rings is 2. The summed E-state index contributed by atoms with van der Waals surface area (Å²) in [6.45, 7) is 5.81. The first-order valence-corrected chi connectivity index (χ1v) is 6.80. The fourth-order valence-electron chi connectivity index (χ4n) is 1.92. The summed E-state index contributed by atoms with van der Waals surface area (Å²) in [4.78, 5) is 12.1. The van der Waals surface area contributed by atoms with Crippen molar-refractivity contribution in [2.75, 3.05) is 5.32 Å². The summed E-state index contributed by atoms with van der Waals surface area (Å²) >= 11 is 0. The van der Waals surface area contributed by atoms with Crippen LogP contribution in [0.15, 0.2) is 42.5 Å². The highest BCUT2D eigenvalue weighted by molar-refractivity contribution is 6.04. The summed E-state index contributed by atoms with van der Waals surface area (Å²) in [5, 5.41) is 2.81. The van der Waals surface area contributed by atoms with Gasteiger partial charge in [-0.2, -0.15) is 0 Å². The Balaban J connectivity index is 2.12. The number of rotatable bonds is 4. The summed E-state index contributed by atoms with van der Waals surface area (Å²) in [7, 11) is 0. The highest BCUT2D eigenvalue weighted by Gasteiger charge is 2.09. The molecule has 1 amide bonds. The zero-order valence-corrected chi connectivity index (χ0v) is 12.3. The molecule has 0 atom stereocenters. The maximum absolute atomic E-state index is 12.8. The number of halogens is 1. The van der Waals surface area contributed by atoms with Crippen LogP contribution >= 0.6 is 0 Å². The first-order chi connectivity index (χ1) is 9.95. The van der Waals surface area contributed by atoms with Gasteiger partial charge in [-0.25, -0.2) is 4.39 Å². The Hall–Kier alpha value is -2.36. The van der Waals surface area contributed by atoms with Gasteiger partial charge in [0.25, 0.3) is 5.91 Å². The van der Waals surface area contributed by atoms with Crippen LogP contribution in [0.4, 0.5) is 10.1 Å². The van der Waals surface area contributed by atoms with Crippen LogP contribution in [0, 0.1) is 12.7 Å². The smallest absolute Gasteiger partial charge is 0.255 e. The molecular formula is C17H18FNO2. The number of hydrogen-bond acceptors (Lipinski definition) is 2. The summed E-state index contributed by atoms with van der Waals surface area (Å²) in [6, 6.07) is 10.9. The van der Waals surface area contributed by atoms with Crippen molar-refractivity contribution in [1.29, 1.82) is 0 Å². The molecule has 2 aromatic rings. The van der Waals surface area contributed by atoms with Gasteiger partial charge in [0.05, 0.1) is 6.10 Å². The molecule has 0 spiro atoms. The van der Waals surface area contributed by atoms with E-state index in [2.05, 4.69) is 5.32 Å². The average molecular weight is 287 g/mol. The molecule has 0 aliphatic rings. The van der Waals surface area contributed by atoms with Crippen LogP contribution in [0.1, 0.15) is 29.8 Å². The van der Waals surface area contributed by atoms with Crippen LogP contribution in [0.3, 0.4) is 0 Å². The van der Waals surface area contributed by atoms with E-state index in [0.717, 1.165) is 11.3 Å².